The van der Waals surface area contributed by atoms with Gasteiger partial charge in [0.1, 0.15) is 0 Å². The maximum absolute atomic E-state index is 9.10. The van der Waals surface area contributed by atoms with Crippen molar-refractivity contribution >= 4 is 11.9 Å². The van der Waals surface area contributed by atoms with Crippen molar-refractivity contribution in [1.82, 2.24) is 0 Å². The summed E-state index contributed by atoms with van der Waals surface area (Å²) in [7, 11) is 0. The molecular formula is C2H4KLiO4. The molecule has 0 aromatic rings. The Labute approximate surface area is 103 Å². The van der Waals surface area contributed by atoms with Crippen LogP contribution in [0.3, 0.4) is 0 Å². The molecule has 0 rings (SSSR count). The van der Waals surface area contributed by atoms with Gasteiger partial charge in [0, 0.05) is 0 Å². The van der Waals surface area contributed by atoms with E-state index in [-0.39, 0.29) is 73.1 Å². The molecule has 0 amide bonds. The van der Waals surface area contributed by atoms with Crippen LogP contribution in [0.25, 0.3) is 0 Å². The SMILES string of the molecule is O=C(O)C(=O)O.[H-].[H-].[K+].[Li+]. The smallest absolute Gasteiger partial charge is 1.00 e. The largest absolute Gasteiger partial charge is 1.00 e. The van der Waals surface area contributed by atoms with Crippen LogP contribution in [0.4, 0.5) is 0 Å². The standard InChI is InChI=1S/C2H2O4.K.Li.2H/c3-1(4)2(5)6;;;;/h(H,3,4)(H,5,6);;;;/q;2*+1;2*-1. The van der Waals surface area contributed by atoms with E-state index in [9.17, 15) is 0 Å². The fraction of sp³-hybridized carbons (Fsp3) is 0. The third-order valence-corrected chi connectivity index (χ3v) is 0.183. The number of carboxylic acids is 2. The average Bonchev–Trinajstić information content (AvgIpc) is 1.36. The Hall–Kier alpha value is 1.17. The molecule has 4 nitrogen and oxygen atoms in total. The van der Waals surface area contributed by atoms with Crippen molar-refractivity contribution in [3.63, 3.8) is 0 Å². The molecule has 0 aliphatic heterocycles. The fourth-order valence-corrected chi connectivity index (χ4v) is 0. The van der Waals surface area contributed by atoms with E-state index in [0.29, 0.717) is 0 Å². The summed E-state index contributed by atoms with van der Waals surface area (Å²) in [4.78, 5) is 18.2. The Morgan fingerprint density at radius 3 is 1.25 bits per heavy atom. The van der Waals surface area contributed by atoms with Crippen molar-refractivity contribution in [1.29, 1.82) is 0 Å². The van der Waals surface area contributed by atoms with Gasteiger partial charge in [-0.2, -0.15) is 0 Å². The summed E-state index contributed by atoms with van der Waals surface area (Å²) in [5.41, 5.74) is 0. The first-order valence-corrected chi connectivity index (χ1v) is 1.11. The first-order chi connectivity index (χ1) is 2.64. The third-order valence-electron chi connectivity index (χ3n) is 0.183. The molecule has 8 heavy (non-hydrogen) atoms. The maximum Gasteiger partial charge on any atom is 1.00 e. The van der Waals surface area contributed by atoms with Gasteiger partial charge in [0.2, 0.25) is 0 Å². The average molecular weight is 138 g/mol. The quantitative estimate of drug-likeness (QED) is 0.258. The Morgan fingerprint density at radius 1 is 1.12 bits per heavy atom. The van der Waals surface area contributed by atoms with Gasteiger partial charge in [-0.15, -0.1) is 0 Å². The van der Waals surface area contributed by atoms with Gasteiger partial charge in [0.25, 0.3) is 0 Å². The molecule has 0 spiro atoms. The summed E-state index contributed by atoms with van der Waals surface area (Å²) in [6.07, 6.45) is 0. The third kappa shape index (κ3) is 10.2. The molecule has 0 aliphatic rings. The molecule has 0 aromatic heterocycles. The minimum absolute atomic E-state index is 0. The Bertz CT molecular complexity index is 87.3. The number of hydrogen-bond donors (Lipinski definition) is 2. The predicted molar refractivity (Wildman–Crippen MR) is 17.5 cm³/mol. The van der Waals surface area contributed by atoms with Gasteiger partial charge in [-0.3, -0.25) is 0 Å². The van der Waals surface area contributed by atoms with Crippen molar-refractivity contribution in [3.05, 3.63) is 0 Å². The van der Waals surface area contributed by atoms with Gasteiger partial charge in [-0.25, -0.2) is 9.59 Å². The van der Waals surface area contributed by atoms with E-state index in [1.54, 1.807) is 0 Å². The van der Waals surface area contributed by atoms with Gasteiger partial charge in [-0.05, 0) is 0 Å². The van der Waals surface area contributed by atoms with Crippen LogP contribution in [0.15, 0.2) is 0 Å². The molecule has 0 saturated heterocycles. The van der Waals surface area contributed by atoms with Gasteiger partial charge in [0.15, 0.2) is 0 Å². The van der Waals surface area contributed by atoms with Crippen molar-refractivity contribution < 1.29 is 92.9 Å². The molecule has 0 radical (unpaired) electrons. The van der Waals surface area contributed by atoms with Gasteiger partial charge in [-0.1, -0.05) is 0 Å². The van der Waals surface area contributed by atoms with Gasteiger partial charge >= 0.3 is 82.2 Å². The molecule has 0 fully saturated rings. The summed E-state index contributed by atoms with van der Waals surface area (Å²) in [6, 6.07) is 0. The molecule has 38 valence electrons. The van der Waals surface area contributed by atoms with Crippen molar-refractivity contribution in [2.75, 3.05) is 0 Å². The molecule has 0 aromatic carbocycles. The summed E-state index contributed by atoms with van der Waals surface area (Å²) in [6.45, 7) is 0. The summed E-state index contributed by atoms with van der Waals surface area (Å²) in [5, 5.41) is 14.8. The van der Waals surface area contributed by atoms with Crippen molar-refractivity contribution in [2.24, 2.45) is 0 Å². The Morgan fingerprint density at radius 2 is 1.25 bits per heavy atom. The first kappa shape index (κ1) is 16.1. The van der Waals surface area contributed by atoms with Crippen LogP contribution in [0.1, 0.15) is 2.85 Å². The number of carbonyl (C=O) groups is 2. The topological polar surface area (TPSA) is 74.6 Å². The minimum atomic E-state index is -1.82. The summed E-state index contributed by atoms with van der Waals surface area (Å²) >= 11 is 0. The molecule has 0 aliphatic carbocycles. The van der Waals surface area contributed by atoms with E-state index in [1.807, 2.05) is 0 Å². The number of carboxylic acid groups (broad SMARTS) is 2. The molecule has 0 unspecified atom stereocenters. The monoisotopic (exact) mass is 138 g/mol. The van der Waals surface area contributed by atoms with E-state index in [4.69, 9.17) is 19.8 Å². The van der Waals surface area contributed by atoms with Gasteiger partial charge < -0.3 is 13.1 Å². The van der Waals surface area contributed by atoms with Crippen LogP contribution < -0.4 is 70.2 Å². The Kier molecular flexibility index (Phi) is 16.4. The maximum atomic E-state index is 9.10. The van der Waals surface area contributed by atoms with Crippen LogP contribution in [0, 0.1) is 0 Å². The zero-order valence-electron chi connectivity index (χ0n) is 6.71. The molecule has 2 N–H and O–H groups in total. The number of hydrogen-bond acceptors (Lipinski definition) is 2. The van der Waals surface area contributed by atoms with E-state index >= 15 is 0 Å². The summed E-state index contributed by atoms with van der Waals surface area (Å²) < 4.78 is 0. The number of rotatable bonds is 0. The zero-order valence-corrected chi connectivity index (χ0v) is 7.83. The molecule has 0 atom stereocenters. The van der Waals surface area contributed by atoms with Crippen LogP contribution in [-0.4, -0.2) is 22.2 Å². The van der Waals surface area contributed by atoms with E-state index in [2.05, 4.69) is 0 Å². The van der Waals surface area contributed by atoms with Crippen molar-refractivity contribution in [2.45, 2.75) is 0 Å². The fourth-order valence-electron chi connectivity index (χ4n) is 0. The molecule has 0 heterocycles. The Balaban J connectivity index is -0.0000000208. The second-order valence-electron chi connectivity index (χ2n) is 0.610. The second-order valence-corrected chi connectivity index (χ2v) is 0.610. The van der Waals surface area contributed by atoms with Crippen LogP contribution >= 0.6 is 0 Å². The zero-order chi connectivity index (χ0) is 5.15. The van der Waals surface area contributed by atoms with E-state index in [0.717, 1.165) is 0 Å². The van der Waals surface area contributed by atoms with Crippen molar-refractivity contribution in [3.8, 4) is 0 Å². The predicted octanol–water partition coefficient (Wildman–Crippen LogP) is -6.61. The normalized spacial score (nSPS) is 5.50. The van der Waals surface area contributed by atoms with Crippen LogP contribution in [0.2, 0.25) is 0 Å². The van der Waals surface area contributed by atoms with Crippen LogP contribution in [0.5, 0.6) is 0 Å². The molecule has 6 heteroatoms. The van der Waals surface area contributed by atoms with Crippen LogP contribution in [-0.2, 0) is 9.59 Å². The van der Waals surface area contributed by atoms with E-state index in [1.165, 1.54) is 0 Å². The molecule has 0 saturated carbocycles. The second kappa shape index (κ2) is 8.17. The van der Waals surface area contributed by atoms with E-state index < -0.39 is 11.9 Å². The minimum Gasteiger partial charge on any atom is -1.00 e. The first-order valence-electron chi connectivity index (χ1n) is 1.11. The molecular weight excluding hydrogens is 134 g/mol. The van der Waals surface area contributed by atoms with Gasteiger partial charge in [0.05, 0.1) is 0 Å². The molecule has 0 bridgehead atoms. The summed E-state index contributed by atoms with van der Waals surface area (Å²) in [5.74, 6) is -3.65. The number of aliphatic carboxylic acids is 2.